The smallest absolute Gasteiger partial charge is 0.311 e. The number of nitrogens with zero attached hydrogens (tertiary/aromatic N) is 1. The van der Waals surface area contributed by atoms with Crippen LogP contribution in [0, 0.1) is 11.7 Å². The maximum absolute atomic E-state index is 13.2. The first-order valence-corrected chi connectivity index (χ1v) is 10.6. The molecule has 6 nitrogen and oxygen atoms in total. The van der Waals surface area contributed by atoms with Crippen molar-refractivity contribution in [3.63, 3.8) is 0 Å². The first kappa shape index (κ1) is 21.0. The number of ether oxygens (including phenoxy) is 1. The lowest BCUT2D eigenvalue weighted by Crippen LogP contribution is -2.43. The molecule has 1 saturated carbocycles. The van der Waals surface area contributed by atoms with Gasteiger partial charge in [0.25, 0.3) is 11.8 Å². The molecule has 1 saturated heterocycles. The molecule has 2 aromatic rings. The molecule has 1 heterocycles. The van der Waals surface area contributed by atoms with E-state index < -0.39 is 23.8 Å². The SMILES string of the molecule is O=C(O[C@H](C(=O)NC1CC1)c1ccccc1)[C@H]1CCCN(C(=O)c2ccc(F)cc2)C1. The second kappa shape index (κ2) is 9.29. The van der Waals surface area contributed by atoms with Gasteiger partial charge in [-0.25, -0.2) is 4.39 Å². The number of likely N-dealkylation sites (tertiary alicyclic amines) is 1. The van der Waals surface area contributed by atoms with Gasteiger partial charge in [0.15, 0.2) is 0 Å². The molecule has 0 bridgehead atoms. The monoisotopic (exact) mass is 424 g/mol. The summed E-state index contributed by atoms with van der Waals surface area (Å²) >= 11 is 0. The van der Waals surface area contributed by atoms with Crippen LogP contribution in [-0.4, -0.2) is 41.8 Å². The van der Waals surface area contributed by atoms with Crippen molar-refractivity contribution in [2.45, 2.75) is 37.8 Å². The molecule has 2 atom stereocenters. The molecule has 2 fully saturated rings. The number of amides is 2. The number of esters is 1. The number of halogens is 1. The normalized spacial score (nSPS) is 19.4. The maximum atomic E-state index is 13.2. The second-order valence-electron chi connectivity index (χ2n) is 8.11. The Labute approximate surface area is 180 Å². The molecule has 1 aliphatic carbocycles. The van der Waals surface area contributed by atoms with Gasteiger partial charge in [0.1, 0.15) is 5.82 Å². The highest BCUT2D eigenvalue weighted by molar-refractivity contribution is 5.94. The number of hydrogen-bond acceptors (Lipinski definition) is 4. The van der Waals surface area contributed by atoms with Crippen molar-refractivity contribution >= 4 is 17.8 Å². The predicted molar refractivity (Wildman–Crippen MR) is 111 cm³/mol. The Hall–Kier alpha value is -3.22. The van der Waals surface area contributed by atoms with Crippen LogP contribution >= 0.6 is 0 Å². The second-order valence-corrected chi connectivity index (χ2v) is 8.11. The summed E-state index contributed by atoms with van der Waals surface area (Å²) < 4.78 is 18.8. The Morgan fingerprint density at radius 3 is 2.39 bits per heavy atom. The Morgan fingerprint density at radius 2 is 1.71 bits per heavy atom. The van der Waals surface area contributed by atoms with Gasteiger partial charge >= 0.3 is 5.97 Å². The zero-order valence-corrected chi connectivity index (χ0v) is 17.1. The molecule has 0 aromatic heterocycles. The fourth-order valence-corrected chi connectivity index (χ4v) is 3.75. The third-order valence-electron chi connectivity index (χ3n) is 5.63. The van der Waals surface area contributed by atoms with Gasteiger partial charge in [0.2, 0.25) is 6.10 Å². The van der Waals surface area contributed by atoms with Gasteiger partial charge in [-0.15, -0.1) is 0 Å². The Morgan fingerprint density at radius 1 is 1.00 bits per heavy atom. The largest absolute Gasteiger partial charge is 0.447 e. The molecular weight excluding hydrogens is 399 g/mol. The van der Waals surface area contributed by atoms with Crippen molar-refractivity contribution in [1.29, 1.82) is 0 Å². The Bertz CT molecular complexity index is 944. The standard InChI is InChI=1S/C24H25FN2O4/c25-19-10-8-17(9-11-19)23(29)27-14-4-7-18(15-27)24(30)31-21(16-5-2-1-3-6-16)22(28)26-20-12-13-20/h1-3,5-6,8-11,18,20-21H,4,7,12-15H2,(H,26,28)/t18-,21-/m0/s1. The van der Waals surface area contributed by atoms with E-state index in [4.69, 9.17) is 4.74 Å². The molecule has 2 amide bonds. The van der Waals surface area contributed by atoms with Gasteiger partial charge < -0.3 is 15.0 Å². The van der Waals surface area contributed by atoms with Crippen LogP contribution in [0.3, 0.4) is 0 Å². The number of hydrogen-bond donors (Lipinski definition) is 1. The third kappa shape index (κ3) is 5.29. The summed E-state index contributed by atoms with van der Waals surface area (Å²) in [5, 5.41) is 2.90. The average molecular weight is 424 g/mol. The molecule has 0 spiro atoms. The van der Waals surface area contributed by atoms with Crippen LogP contribution in [0.1, 0.15) is 47.7 Å². The van der Waals surface area contributed by atoms with Crippen LogP contribution in [0.4, 0.5) is 4.39 Å². The zero-order valence-electron chi connectivity index (χ0n) is 17.1. The molecule has 2 aliphatic rings. The van der Waals surface area contributed by atoms with Crippen molar-refractivity contribution < 1.29 is 23.5 Å². The minimum atomic E-state index is -1.02. The molecule has 2 aromatic carbocycles. The van der Waals surface area contributed by atoms with Crippen molar-refractivity contribution in [1.82, 2.24) is 10.2 Å². The van der Waals surface area contributed by atoms with Crippen molar-refractivity contribution in [2.75, 3.05) is 13.1 Å². The van der Waals surface area contributed by atoms with Crippen molar-refractivity contribution in [3.05, 3.63) is 71.5 Å². The molecule has 0 unspecified atom stereocenters. The number of rotatable bonds is 6. The van der Waals surface area contributed by atoms with Gasteiger partial charge in [-0.1, -0.05) is 30.3 Å². The first-order chi connectivity index (χ1) is 15.0. The molecule has 31 heavy (non-hydrogen) atoms. The minimum Gasteiger partial charge on any atom is -0.447 e. The summed E-state index contributed by atoms with van der Waals surface area (Å²) in [5.41, 5.74) is 0.991. The number of piperidine rings is 1. The van der Waals surface area contributed by atoms with Gasteiger partial charge in [-0.05, 0) is 49.9 Å². The van der Waals surface area contributed by atoms with Gasteiger partial charge in [0.05, 0.1) is 5.92 Å². The van der Waals surface area contributed by atoms with E-state index in [1.807, 2.05) is 6.07 Å². The highest BCUT2D eigenvalue weighted by Gasteiger charge is 2.35. The van der Waals surface area contributed by atoms with Crippen LogP contribution in [0.5, 0.6) is 0 Å². The van der Waals surface area contributed by atoms with Gasteiger partial charge in [-0.2, -0.15) is 0 Å². The van der Waals surface area contributed by atoms with Crippen LogP contribution in [0.2, 0.25) is 0 Å². The molecule has 4 rings (SSSR count). The highest BCUT2D eigenvalue weighted by atomic mass is 19.1. The van der Waals surface area contributed by atoms with E-state index in [1.54, 1.807) is 29.2 Å². The third-order valence-corrected chi connectivity index (χ3v) is 5.63. The molecule has 7 heteroatoms. The number of nitrogens with one attached hydrogen (secondary N) is 1. The summed E-state index contributed by atoms with van der Waals surface area (Å²) in [6.07, 6.45) is 2.08. The van der Waals surface area contributed by atoms with Crippen molar-refractivity contribution in [2.24, 2.45) is 5.92 Å². The predicted octanol–water partition coefficient (Wildman–Crippen LogP) is 3.24. The van der Waals surface area contributed by atoms with E-state index in [9.17, 15) is 18.8 Å². The molecule has 1 aliphatic heterocycles. The molecule has 162 valence electrons. The minimum absolute atomic E-state index is 0.149. The summed E-state index contributed by atoms with van der Waals surface area (Å²) in [6.45, 7) is 0.727. The van der Waals surface area contributed by atoms with Crippen LogP contribution in [0.15, 0.2) is 54.6 Å². The fourth-order valence-electron chi connectivity index (χ4n) is 3.75. The summed E-state index contributed by atoms with van der Waals surface area (Å²) in [6, 6.07) is 14.5. The van der Waals surface area contributed by atoms with E-state index in [0.717, 1.165) is 12.8 Å². The number of carbonyl (C=O) groups excluding carboxylic acids is 3. The van der Waals surface area contributed by atoms with Crippen LogP contribution in [0.25, 0.3) is 0 Å². The fraction of sp³-hybridized carbons (Fsp3) is 0.375. The Balaban J connectivity index is 1.43. The quantitative estimate of drug-likeness (QED) is 0.723. The van der Waals surface area contributed by atoms with Crippen LogP contribution in [-0.2, 0) is 14.3 Å². The van der Waals surface area contributed by atoms with Gasteiger partial charge in [0, 0.05) is 30.3 Å². The Kier molecular flexibility index (Phi) is 6.30. The summed E-state index contributed by atoms with van der Waals surface area (Å²) in [7, 11) is 0. The maximum Gasteiger partial charge on any atom is 0.311 e. The van der Waals surface area contributed by atoms with E-state index in [0.29, 0.717) is 30.5 Å². The highest BCUT2D eigenvalue weighted by Crippen LogP contribution is 2.26. The van der Waals surface area contributed by atoms with Crippen LogP contribution < -0.4 is 5.32 Å². The average Bonchev–Trinajstić information content (AvgIpc) is 3.62. The number of carbonyl (C=O) groups is 3. The zero-order chi connectivity index (χ0) is 21.8. The van der Waals surface area contributed by atoms with Crippen molar-refractivity contribution in [3.8, 4) is 0 Å². The lowest BCUT2D eigenvalue weighted by molar-refractivity contribution is -0.161. The lowest BCUT2D eigenvalue weighted by Gasteiger charge is -2.32. The van der Waals surface area contributed by atoms with Gasteiger partial charge in [-0.3, -0.25) is 14.4 Å². The van der Waals surface area contributed by atoms with E-state index in [1.165, 1.54) is 24.3 Å². The molecule has 1 N–H and O–H groups in total. The summed E-state index contributed by atoms with van der Waals surface area (Å²) in [5.74, 6) is -1.98. The number of benzene rings is 2. The van der Waals surface area contributed by atoms with E-state index >= 15 is 0 Å². The van der Waals surface area contributed by atoms with E-state index in [-0.39, 0.29) is 24.4 Å². The first-order valence-electron chi connectivity index (χ1n) is 10.6. The lowest BCUT2D eigenvalue weighted by atomic mass is 9.97. The molecule has 0 radical (unpaired) electrons. The summed E-state index contributed by atoms with van der Waals surface area (Å²) in [4.78, 5) is 40.0. The van der Waals surface area contributed by atoms with E-state index in [2.05, 4.69) is 5.32 Å². The topological polar surface area (TPSA) is 75.7 Å². The molecular formula is C24H25FN2O4.